The second-order valence-electron chi connectivity index (χ2n) is 27.8. The summed E-state index contributed by atoms with van der Waals surface area (Å²) in [5.74, 6) is 0. The number of para-hydroxylation sites is 1. The molecule has 3 aliphatic rings. The van der Waals surface area contributed by atoms with Crippen molar-refractivity contribution >= 4 is 123 Å². The number of hydrogen-bond acceptors (Lipinski definition) is 3. The van der Waals surface area contributed by atoms with E-state index in [9.17, 15) is 0 Å². The lowest BCUT2D eigenvalue weighted by molar-refractivity contribution is 0.590. The van der Waals surface area contributed by atoms with Crippen molar-refractivity contribution in [3.05, 3.63) is 210 Å². The molecule has 16 rings (SSSR count). The van der Waals surface area contributed by atoms with Gasteiger partial charge in [-0.3, -0.25) is 0 Å². The van der Waals surface area contributed by atoms with Gasteiger partial charge in [0.2, 0.25) is 0 Å². The molecule has 0 N–H and O–H groups in total. The molecule has 2 aliphatic heterocycles. The Hall–Kier alpha value is -8.74. The zero-order valence-corrected chi connectivity index (χ0v) is 49.2. The number of hydrogen-bond donors (Lipinski definition) is 0. The highest BCUT2D eigenvalue weighted by Crippen LogP contribution is 2.54. The summed E-state index contributed by atoms with van der Waals surface area (Å²) in [6, 6.07) is 72.5. The van der Waals surface area contributed by atoms with Gasteiger partial charge in [-0.05, 0) is 168 Å². The predicted octanol–water partition coefficient (Wildman–Crippen LogP) is 19.0. The van der Waals surface area contributed by atoms with E-state index in [1.54, 1.807) is 0 Å². The van der Waals surface area contributed by atoms with Crippen LogP contribution in [-0.2, 0) is 21.7 Å². The number of aromatic nitrogens is 2. The number of fused-ring (bicyclic) bond motifs is 7. The van der Waals surface area contributed by atoms with Gasteiger partial charge in [0, 0.05) is 66.6 Å². The average Bonchev–Trinajstić information content (AvgIpc) is 3.15. The van der Waals surface area contributed by atoms with E-state index >= 15 is 0 Å². The van der Waals surface area contributed by atoms with E-state index in [2.05, 4.69) is 290 Å². The highest BCUT2D eigenvalue weighted by atomic mass is 16.3. The normalized spacial score (nSPS) is 14.0. The molecule has 0 atom stereocenters. The molecule has 0 saturated carbocycles. The van der Waals surface area contributed by atoms with Crippen molar-refractivity contribution in [1.82, 2.24) is 9.13 Å². The number of nitrogens with zero attached hydrogens (tertiary/aromatic N) is 4. The Bertz CT molecular complexity index is 4890. The van der Waals surface area contributed by atoms with Gasteiger partial charge in [0.05, 0.1) is 27.9 Å². The van der Waals surface area contributed by atoms with Crippen LogP contribution in [0.4, 0.5) is 34.1 Å². The molecule has 82 heavy (non-hydrogen) atoms. The van der Waals surface area contributed by atoms with Crippen molar-refractivity contribution < 1.29 is 4.42 Å². The van der Waals surface area contributed by atoms with Crippen LogP contribution in [0.5, 0.6) is 0 Å². The molecule has 5 nitrogen and oxygen atoms in total. The van der Waals surface area contributed by atoms with Crippen LogP contribution < -0.4 is 26.3 Å². The molecule has 400 valence electrons. The van der Waals surface area contributed by atoms with E-state index in [-0.39, 0.29) is 28.4 Å². The largest absolute Gasteiger partial charge is 0.456 e. The van der Waals surface area contributed by atoms with E-state index in [0.29, 0.717) is 0 Å². The van der Waals surface area contributed by atoms with Gasteiger partial charge in [-0.2, -0.15) is 0 Å². The van der Waals surface area contributed by atoms with Crippen molar-refractivity contribution in [2.45, 2.75) is 105 Å². The van der Waals surface area contributed by atoms with Crippen LogP contribution in [0, 0.1) is 0 Å². The summed E-state index contributed by atoms with van der Waals surface area (Å²) < 4.78 is 12.0. The maximum absolute atomic E-state index is 6.81. The van der Waals surface area contributed by atoms with Crippen molar-refractivity contribution in [1.29, 1.82) is 0 Å². The van der Waals surface area contributed by atoms with Crippen molar-refractivity contribution in [3.63, 3.8) is 0 Å². The van der Waals surface area contributed by atoms with Crippen LogP contribution in [0.3, 0.4) is 0 Å². The van der Waals surface area contributed by atoms with Gasteiger partial charge in [0.1, 0.15) is 11.2 Å². The topological polar surface area (TPSA) is 29.5 Å². The summed E-state index contributed by atoms with van der Waals surface area (Å²) in [5.41, 5.74) is 25.9. The lowest BCUT2D eigenvalue weighted by atomic mass is 9.34. The quantitative estimate of drug-likeness (QED) is 0.165. The molecule has 6 heteroatoms. The lowest BCUT2D eigenvalue weighted by Crippen LogP contribution is -2.63. The third-order valence-corrected chi connectivity index (χ3v) is 18.6. The minimum atomic E-state index is -0.169. The van der Waals surface area contributed by atoms with E-state index in [1.807, 2.05) is 0 Å². The van der Waals surface area contributed by atoms with Crippen LogP contribution in [-0.4, -0.2) is 15.8 Å². The number of anilines is 6. The zero-order valence-electron chi connectivity index (χ0n) is 49.2. The maximum atomic E-state index is 6.81. The van der Waals surface area contributed by atoms with E-state index in [0.717, 1.165) is 39.4 Å². The zero-order chi connectivity index (χ0) is 56.3. The molecule has 1 aliphatic carbocycles. The SMILES string of the molecule is CC(C)(C)c1ccc(N2c3ccc(C(C)(C)C)cc3B3c4c2cc(-n2c5ccc6cccc7c6c5c5c6c(ccc52)oc2cccc-7c26)cc4N(c2ccc(C(C)(C)C)cc2)c2c3n(-c3ccccc3)c3ccc(C(C)(C)C)cc23)cc1. The highest BCUT2D eigenvalue weighted by molar-refractivity contribution is 7.00. The van der Waals surface area contributed by atoms with Gasteiger partial charge in [0.25, 0.3) is 6.71 Å². The molecular weight excluding hydrogens is 996 g/mol. The standard InChI is InChI=1S/C76H67BN4O/c1-73(2,3)45-25-31-50(32-26-45)78-58-37-30-48(76(10,11)12)41-56(58)77-70-61(78)42-52(79-59-35-24-44-18-16-21-53-54-22-17-23-63-66(54)69-64(82-63)39-38-60(79)68(69)67(59)65(44)53)43-62(70)80(51-33-27-46(28-34-51)74(4,5)6)71-55-40-47(75(7,8)9)29-36-57(55)81(72(71)77)49-19-14-13-15-20-49/h13-43H,1-12H3. The first-order chi connectivity index (χ1) is 39.2. The van der Waals surface area contributed by atoms with Crippen molar-refractivity contribution in [3.8, 4) is 22.5 Å². The molecule has 0 spiro atoms. The Morgan fingerprint density at radius 1 is 0.354 bits per heavy atom. The van der Waals surface area contributed by atoms with Crippen LogP contribution >= 0.6 is 0 Å². The summed E-state index contributed by atoms with van der Waals surface area (Å²) in [5, 5.41) is 8.65. The molecule has 0 bridgehead atoms. The number of benzene rings is 10. The maximum Gasteiger partial charge on any atom is 0.273 e. The second-order valence-corrected chi connectivity index (χ2v) is 27.8. The third-order valence-electron chi connectivity index (χ3n) is 18.6. The second kappa shape index (κ2) is 16.5. The molecule has 10 aromatic carbocycles. The minimum Gasteiger partial charge on any atom is -0.456 e. The summed E-state index contributed by atoms with van der Waals surface area (Å²) in [4.78, 5) is 5.26. The molecule has 3 aromatic heterocycles. The first kappa shape index (κ1) is 49.1. The molecule has 0 amide bonds. The summed E-state index contributed by atoms with van der Waals surface area (Å²) in [7, 11) is 0. The summed E-state index contributed by atoms with van der Waals surface area (Å²) >= 11 is 0. The van der Waals surface area contributed by atoms with Gasteiger partial charge in [-0.1, -0.05) is 180 Å². The molecule has 0 saturated heterocycles. The Morgan fingerprint density at radius 2 is 0.890 bits per heavy atom. The molecule has 13 aromatic rings. The minimum absolute atomic E-state index is 0.0170. The number of furan rings is 1. The van der Waals surface area contributed by atoms with Crippen molar-refractivity contribution in [2.75, 3.05) is 9.80 Å². The Morgan fingerprint density at radius 3 is 1.55 bits per heavy atom. The Labute approximate surface area is 481 Å². The van der Waals surface area contributed by atoms with E-state index in [1.165, 1.54) is 121 Å². The predicted molar refractivity (Wildman–Crippen MR) is 350 cm³/mol. The molecule has 0 radical (unpaired) electrons. The van der Waals surface area contributed by atoms with Crippen LogP contribution in [0.2, 0.25) is 0 Å². The smallest absolute Gasteiger partial charge is 0.273 e. The molecular formula is C76H67BN4O. The number of rotatable bonds is 4. The van der Waals surface area contributed by atoms with Crippen LogP contribution in [0.25, 0.3) is 87.9 Å². The third kappa shape index (κ3) is 6.81. The van der Waals surface area contributed by atoms with Crippen molar-refractivity contribution in [2.24, 2.45) is 0 Å². The summed E-state index contributed by atoms with van der Waals surface area (Å²) in [6.07, 6.45) is 0. The fourth-order valence-electron chi connectivity index (χ4n) is 14.4. The van der Waals surface area contributed by atoms with E-state index < -0.39 is 0 Å². The first-order valence-electron chi connectivity index (χ1n) is 29.5. The van der Waals surface area contributed by atoms with Gasteiger partial charge < -0.3 is 23.4 Å². The Balaban J connectivity index is 1.11. The van der Waals surface area contributed by atoms with Gasteiger partial charge in [-0.15, -0.1) is 0 Å². The van der Waals surface area contributed by atoms with Crippen LogP contribution in [0.15, 0.2) is 192 Å². The van der Waals surface area contributed by atoms with Gasteiger partial charge in [-0.25, -0.2) is 0 Å². The highest BCUT2D eigenvalue weighted by Gasteiger charge is 2.48. The molecule has 0 unspecified atom stereocenters. The van der Waals surface area contributed by atoms with Gasteiger partial charge in [0.15, 0.2) is 0 Å². The summed E-state index contributed by atoms with van der Waals surface area (Å²) in [6.45, 7) is 27.8. The molecule has 0 fully saturated rings. The fraction of sp³-hybridized carbons (Fsp3) is 0.211. The fourth-order valence-corrected chi connectivity index (χ4v) is 14.4. The van der Waals surface area contributed by atoms with Crippen LogP contribution in [0.1, 0.15) is 105 Å². The Kier molecular flexibility index (Phi) is 9.87. The lowest BCUT2D eigenvalue weighted by Gasteiger charge is -2.44. The van der Waals surface area contributed by atoms with E-state index in [4.69, 9.17) is 4.42 Å². The average molecular weight is 1060 g/mol. The first-order valence-corrected chi connectivity index (χ1v) is 29.5. The monoisotopic (exact) mass is 1060 g/mol. The van der Waals surface area contributed by atoms with Gasteiger partial charge >= 0.3 is 0 Å². The molecule has 5 heterocycles.